The summed E-state index contributed by atoms with van der Waals surface area (Å²) in [5.41, 5.74) is 7.21. The van der Waals surface area contributed by atoms with Gasteiger partial charge in [0, 0.05) is 42.5 Å². The van der Waals surface area contributed by atoms with Crippen molar-refractivity contribution in [3.8, 4) is 11.5 Å². The lowest BCUT2D eigenvalue weighted by molar-refractivity contribution is -0.117. The molecule has 1 atom stereocenters. The molecule has 1 aliphatic heterocycles. The van der Waals surface area contributed by atoms with E-state index in [2.05, 4.69) is 4.98 Å². The van der Waals surface area contributed by atoms with Crippen LogP contribution in [-0.4, -0.2) is 23.3 Å². The van der Waals surface area contributed by atoms with Crippen LogP contribution in [0.15, 0.2) is 54.9 Å². The van der Waals surface area contributed by atoms with E-state index in [0.717, 1.165) is 5.56 Å². The van der Waals surface area contributed by atoms with Crippen molar-refractivity contribution < 1.29 is 14.3 Å². The Kier molecular flexibility index (Phi) is 6.05. The van der Waals surface area contributed by atoms with Crippen LogP contribution in [0.3, 0.4) is 0 Å². The van der Waals surface area contributed by atoms with Crippen LogP contribution in [0.5, 0.6) is 11.5 Å². The zero-order valence-corrected chi connectivity index (χ0v) is 18.3. The molecular formula is C22H16Cl3N3O3. The Morgan fingerprint density at radius 2 is 1.81 bits per heavy atom. The smallest absolute Gasteiger partial charge is 0.248 e. The summed E-state index contributed by atoms with van der Waals surface area (Å²) in [6.45, 7) is 0.443. The fourth-order valence-corrected chi connectivity index (χ4v) is 4.06. The van der Waals surface area contributed by atoms with Crippen molar-refractivity contribution >= 4 is 52.3 Å². The minimum atomic E-state index is -0.544. The van der Waals surface area contributed by atoms with E-state index in [9.17, 15) is 9.59 Å². The average Bonchev–Trinajstić information content (AvgIpc) is 3.14. The molecule has 3 aromatic rings. The molecule has 0 saturated carbocycles. The Bertz CT molecular complexity index is 1170. The van der Waals surface area contributed by atoms with E-state index >= 15 is 0 Å². The van der Waals surface area contributed by atoms with Gasteiger partial charge >= 0.3 is 0 Å². The second-order valence-electron chi connectivity index (χ2n) is 7.04. The van der Waals surface area contributed by atoms with Crippen LogP contribution in [-0.2, 0) is 4.79 Å². The molecule has 2 amide bonds. The maximum atomic E-state index is 12.7. The summed E-state index contributed by atoms with van der Waals surface area (Å²) in [5.74, 6) is -0.0597. The summed E-state index contributed by atoms with van der Waals surface area (Å²) in [4.78, 5) is 29.7. The SMILES string of the molecule is NC(=O)c1cccc(N2C[C@@H](c3ccc(Cl)c(Oc4c(Cl)cncc4Cl)c3)CC2=O)c1. The number of benzene rings is 2. The average molecular weight is 477 g/mol. The normalized spacial score (nSPS) is 15.9. The molecule has 0 aliphatic carbocycles. The van der Waals surface area contributed by atoms with Crippen LogP contribution in [0.2, 0.25) is 15.1 Å². The van der Waals surface area contributed by atoms with Crippen LogP contribution < -0.4 is 15.4 Å². The zero-order valence-electron chi connectivity index (χ0n) is 16.0. The summed E-state index contributed by atoms with van der Waals surface area (Å²) in [5, 5.41) is 0.888. The Morgan fingerprint density at radius 3 is 2.52 bits per heavy atom. The van der Waals surface area contributed by atoms with Crippen molar-refractivity contribution in [2.24, 2.45) is 5.73 Å². The van der Waals surface area contributed by atoms with Crippen molar-refractivity contribution in [2.45, 2.75) is 12.3 Å². The number of primary amides is 1. The highest BCUT2D eigenvalue weighted by Gasteiger charge is 2.32. The molecule has 31 heavy (non-hydrogen) atoms. The first kappa shape index (κ1) is 21.4. The molecule has 2 aromatic carbocycles. The van der Waals surface area contributed by atoms with Gasteiger partial charge in [-0.05, 0) is 35.9 Å². The minimum Gasteiger partial charge on any atom is -0.453 e. The van der Waals surface area contributed by atoms with Gasteiger partial charge in [0.05, 0.1) is 5.02 Å². The van der Waals surface area contributed by atoms with Crippen molar-refractivity contribution in [1.82, 2.24) is 4.98 Å². The predicted molar refractivity (Wildman–Crippen MR) is 120 cm³/mol. The van der Waals surface area contributed by atoms with E-state index < -0.39 is 5.91 Å². The summed E-state index contributed by atoms with van der Waals surface area (Å²) in [7, 11) is 0. The van der Waals surface area contributed by atoms with Gasteiger partial charge in [0.2, 0.25) is 11.8 Å². The highest BCUT2D eigenvalue weighted by Crippen LogP contribution is 2.40. The van der Waals surface area contributed by atoms with E-state index in [4.69, 9.17) is 45.3 Å². The maximum Gasteiger partial charge on any atom is 0.248 e. The fourth-order valence-electron chi connectivity index (χ4n) is 3.47. The van der Waals surface area contributed by atoms with Gasteiger partial charge in [0.1, 0.15) is 15.8 Å². The van der Waals surface area contributed by atoms with Gasteiger partial charge in [0.25, 0.3) is 0 Å². The molecule has 2 heterocycles. The fraction of sp³-hybridized carbons (Fsp3) is 0.136. The van der Waals surface area contributed by atoms with Crippen molar-refractivity contribution in [3.05, 3.63) is 81.1 Å². The quantitative estimate of drug-likeness (QED) is 0.530. The lowest BCUT2D eigenvalue weighted by atomic mass is 9.98. The molecule has 0 spiro atoms. The van der Waals surface area contributed by atoms with E-state index in [-0.39, 0.29) is 27.6 Å². The number of hydrogen-bond acceptors (Lipinski definition) is 4. The Balaban J connectivity index is 1.59. The number of ether oxygens (including phenoxy) is 1. The second kappa shape index (κ2) is 8.75. The number of aromatic nitrogens is 1. The largest absolute Gasteiger partial charge is 0.453 e. The molecule has 0 bridgehead atoms. The van der Waals surface area contributed by atoms with Crippen molar-refractivity contribution in [2.75, 3.05) is 11.4 Å². The Labute approximate surface area is 193 Å². The number of amides is 2. The molecule has 6 nitrogen and oxygen atoms in total. The highest BCUT2D eigenvalue weighted by atomic mass is 35.5. The van der Waals surface area contributed by atoms with Gasteiger partial charge in [-0.2, -0.15) is 0 Å². The summed E-state index contributed by atoms with van der Waals surface area (Å²) >= 11 is 18.6. The number of anilines is 1. The van der Waals surface area contributed by atoms with Gasteiger partial charge in [-0.15, -0.1) is 0 Å². The van der Waals surface area contributed by atoms with Crippen LogP contribution in [0.4, 0.5) is 5.69 Å². The third-order valence-corrected chi connectivity index (χ3v) is 5.87. The zero-order chi connectivity index (χ0) is 22.1. The number of pyridine rings is 1. The topological polar surface area (TPSA) is 85.5 Å². The second-order valence-corrected chi connectivity index (χ2v) is 8.27. The molecular weight excluding hydrogens is 461 g/mol. The number of carbonyl (C=O) groups is 2. The molecule has 158 valence electrons. The van der Waals surface area contributed by atoms with Gasteiger partial charge in [-0.25, -0.2) is 0 Å². The van der Waals surface area contributed by atoms with Crippen molar-refractivity contribution in [3.63, 3.8) is 0 Å². The van der Waals surface area contributed by atoms with Crippen LogP contribution >= 0.6 is 34.8 Å². The summed E-state index contributed by atoms with van der Waals surface area (Å²) < 4.78 is 5.87. The molecule has 1 aromatic heterocycles. The number of nitrogens with two attached hydrogens (primary N) is 1. The summed E-state index contributed by atoms with van der Waals surface area (Å²) in [6.07, 6.45) is 3.15. The number of nitrogens with zero attached hydrogens (tertiary/aromatic N) is 2. The first-order valence-electron chi connectivity index (χ1n) is 9.30. The molecule has 2 N–H and O–H groups in total. The number of hydrogen-bond donors (Lipinski definition) is 1. The molecule has 4 rings (SSSR count). The van der Waals surface area contributed by atoms with Crippen LogP contribution in [0, 0.1) is 0 Å². The first-order valence-corrected chi connectivity index (χ1v) is 10.4. The molecule has 9 heteroatoms. The monoisotopic (exact) mass is 475 g/mol. The minimum absolute atomic E-state index is 0.0516. The van der Waals surface area contributed by atoms with Gasteiger partial charge in [-0.1, -0.05) is 46.9 Å². The highest BCUT2D eigenvalue weighted by molar-refractivity contribution is 6.37. The third-order valence-electron chi connectivity index (χ3n) is 5.02. The number of rotatable bonds is 5. The molecule has 1 aliphatic rings. The predicted octanol–water partition coefficient (Wildman–Crippen LogP) is 5.45. The lowest BCUT2D eigenvalue weighted by Gasteiger charge is -2.18. The van der Waals surface area contributed by atoms with Crippen LogP contribution in [0.1, 0.15) is 28.3 Å². The van der Waals surface area contributed by atoms with Gasteiger partial charge in [0.15, 0.2) is 5.75 Å². The van der Waals surface area contributed by atoms with E-state index in [0.29, 0.717) is 35.0 Å². The standard InChI is InChI=1S/C22H16Cl3N3O3/c23-16-5-4-12(7-19(16)31-21-17(24)9-27-10-18(21)25)14-8-20(29)28(11-14)15-3-1-2-13(6-15)22(26)30/h1-7,9-10,14H,8,11H2,(H2,26,30)/t14-/m0/s1. The molecule has 1 fully saturated rings. The van der Waals surface area contributed by atoms with Crippen molar-refractivity contribution in [1.29, 1.82) is 0 Å². The molecule has 0 unspecified atom stereocenters. The van der Waals surface area contributed by atoms with E-state index in [1.165, 1.54) is 12.4 Å². The summed E-state index contributed by atoms with van der Waals surface area (Å²) in [6, 6.07) is 12.0. The Morgan fingerprint density at radius 1 is 1.06 bits per heavy atom. The number of halogens is 3. The number of carbonyl (C=O) groups excluding carboxylic acids is 2. The maximum absolute atomic E-state index is 12.7. The third kappa shape index (κ3) is 4.46. The lowest BCUT2D eigenvalue weighted by Crippen LogP contribution is -2.24. The molecule has 1 saturated heterocycles. The molecule has 0 radical (unpaired) electrons. The van der Waals surface area contributed by atoms with Gasteiger partial charge in [-0.3, -0.25) is 14.6 Å². The van der Waals surface area contributed by atoms with Gasteiger partial charge < -0.3 is 15.4 Å². The van der Waals surface area contributed by atoms with Crippen LogP contribution in [0.25, 0.3) is 0 Å². The Hall–Kier alpha value is -2.80. The van der Waals surface area contributed by atoms with E-state index in [1.54, 1.807) is 41.3 Å². The van der Waals surface area contributed by atoms with E-state index in [1.807, 2.05) is 6.07 Å². The first-order chi connectivity index (χ1) is 14.8.